The molecule has 0 N–H and O–H groups in total. The third kappa shape index (κ3) is 1.76. The monoisotopic (exact) mass is 179 g/mol. The molecule has 1 aliphatic heterocycles. The largest absolute Gasteiger partial charge is 0.302 e. The minimum atomic E-state index is 0.735. The molecule has 0 aromatic carbocycles. The van der Waals surface area contributed by atoms with Gasteiger partial charge in [0.1, 0.15) is 0 Å². The molecule has 0 radical (unpaired) electrons. The molecule has 13 heavy (non-hydrogen) atoms. The van der Waals surface area contributed by atoms with Crippen LogP contribution in [-0.4, -0.2) is 24.5 Å². The van der Waals surface area contributed by atoms with E-state index in [0.717, 1.165) is 17.3 Å². The average molecular weight is 179 g/mol. The molecule has 1 saturated heterocycles. The SMILES string of the molecule is CC1(CN2CCC(C3CC3)C2)CC1. The molecule has 3 rings (SSSR count). The predicted octanol–water partition coefficient (Wildman–Crippen LogP) is 2.52. The predicted molar refractivity (Wildman–Crippen MR) is 54.6 cm³/mol. The first-order valence-electron chi connectivity index (χ1n) is 5.98. The van der Waals surface area contributed by atoms with Crippen LogP contribution in [-0.2, 0) is 0 Å². The summed E-state index contributed by atoms with van der Waals surface area (Å²) < 4.78 is 0. The minimum Gasteiger partial charge on any atom is -0.302 e. The van der Waals surface area contributed by atoms with Crippen molar-refractivity contribution < 1.29 is 0 Å². The molecule has 74 valence electrons. The van der Waals surface area contributed by atoms with Gasteiger partial charge in [0.25, 0.3) is 0 Å². The van der Waals surface area contributed by atoms with Gasteiger partial charge in [0, 0.05) is 13.1 Å². The Morgan fingerprint density at radius 3 is 2.54 bits per heavy atom. The van der Waals surface area contributed by atoms with E-state index in [1.54, 1.807) is 0 Å². The molecule has 1 heterocycles. The van der Waals surface area contributed by atoms with Gasteiger partial charge in [0.2, 0.25) is 0 Å². The second-order valence-electron chi connectivity index (χ2n) is 5.93. The Labute approximate surface area is 81.5 Å². The Balaban J connectivity index is 1.50. The van der Waals surface area contributed by atoms with Crippen LogP contribution >= 0.6 is 0 Å². The van der Waals surface area contributed by atoms with E-state index < -0.39 is 0 Å². The van der Waals surface area contributed by atoms with Gasteiger partial charge < -0.3 is 4.90 Å². The summed E-state index contributed by atoms with van der Waals surface area (Å²) in [6.45, 7) is 6.69. The lowest BCUT2D eigenvalue weighted by molar-refractivity contribution is 0.263. The molecule has 3 aliphatic rings. The average Bonchev–Trinajstić information content (AvgIpc) is 2.99. The molecule has 0 aromatic rings. The van der Waals surface area contributed by atoms with Gasteiger partial charge in [-0.15, -0.1) is 0 Å². The minimum absolute atomic E-state index is 0.735. The summed E-state index contributed by atoms with van der Waals surface area (Å²) in [6.07, 6.45) is 7.54. The van der Waals surface area contributed by atoms with Crippen LogP contribution in [0.3, 0.4) is 0 Å². The first kappa shape index (κ1) is 8.28. The van der Waals surface area contributed by atoms with Crippen LogP contribution in [0.1, 0.15) is 39.0 Å². The van der Waals surface area contributed by atoms with Crippen molar-refractivity contribution in [1.29, 1.82) is 0 Å². The van der Waals surface area contributed by atoms with Crippen molar-refractivity contribution in [2.45, 2.75) is 39.0 Å². The van der Waals surface area contributed by atoms with E-state index in [-0.39, 0.29) is 0 Å². The Morgan fingerprint density at radius 1 is 1.15 bits per heavy atom. The summed E-state index contributed by atoms with van der Waals surface area (Å²) in [6, 6.07) is 0. The Hall–Kier alpha value is -0.0400. The van der Waals surface area contributed by atoms with Crippen molar-refractivity contribution >= 4 is 0 Å². The summed E-state index contributed by atoms with van der Waals surface area (Å²) in [5.41, 5.74) is 0.735. The maximum Gasteiger partial charge on any atom is 0.00354 e. The molecule has 0 aromatic heterocycles. The van der Waals surface area contributed by atoms with Crippen LogP contribution in [0.25, 0.3) is 0 Å². The zero-order chi connectivity index (χ0) is 8.89. The highest BCUT2D eigenvalue weighted by molar-refractivity contribution is 4.95. The third-order valence-corrected chi connectivity index (χ3v) is 4.31. The van der Waals surface area contributed by atoms with Crippen LogP contribution in [0, 0.1) is 17.3 Å². The molecule has 2 saturated carbocycles. The molecular formula is C12H21N. The van der Waals surface area contributed by atoms with Gasteiger partial charge in [-0.05, 0) is 55.9 Å². The molecule has 1 unspecified atom stereocenters. The molecule has 0 amide bonds. The fourth-order valence-corrected chi connectivity index (χ4v) is 2.87. The molecule has 2 aliphatic carbocycles. The summed E-state index contributed by atoms with van der Waals surface area (Å²) in [4.78, 5) is 2.73. The normalized spacial score (nSPS) is 38.1. The highest BCUT2D eigenvalue weighted by atomic mass is 15.2. The number of likely N-dealkylation sites (tertiary alicyclic amines) is 1. The number of nitrogens with zero attached hydrogens (tertiary/aromatic N) is 1. The van der Waals surface area contributed by atoms with E-state index in [0.29, 0.717) is 0 Å². The van der Waals surface area contributed by atoms with Crippen molar-refractivity contribution in [3.63, 3.8) is 0 Å². The lowest BCUT2D eigenvalue weighted by atomic mass is 10.0. The molecule has 3 fully saturated rings. The van der Waals surface area contributed by atoms with Gasteiger partial charge in [0.15, 0.2) is 0 Å². The summed E-state index contributed by atoms with van der Waals surface area (Å²) >= 11 is 0. The fraction of sp³-hybridized carbons (Fsp3) is 1.00. The van der Waals surface area contributed by atoms with E-state index >= 15 is 0 Å². The number of hydrogen-bond donors (Lipinski definition) is 0. The smallest absolute Gasteiger partial charge is 0.00354 e. The van der Waals surface area contributed by atoms with Crippen LogP contribution < -0.4 is 0 Å². The highest BCUT2D eigenvalue weighted by Gasteiger charge is 2.42. The molecule has 0 bridgehead atoms. The quantitative estimate of drug-likeness (QED) is 0.643. The second kappa shape index (κ2) is 2.73. The lowest BCUT2D eigenvalue weighted by Crippen LogP contribution is -2.27. The number of hydrogen-bond acceptors (Lipinski definition) is 1. The zero-order valence-corrected chi connectivity index (χ0v) is 8.76. The third-order valence-electron chi connectivity index (χ3n) is 4.31. The van der Waals surface area contributed by atoms with Crippen molar-refractivity contribution in [1.82, 2.24) is 4.90 Å². The Kier molecular flexibility index (Phi) is 1.74. The van der Waals surface area contributed by atoms with Crippen LogP contribution in [0.15, 0.2) is 0 Å². The Morgan fingerprint density at radius 2 is 1.92 bits per heavy atom. The first-order valence-corrected chi connectivity index (χ1v) is 5.98. The van der Waals surface area contributed by atoms with Crippen LogP contribution in [0.5, 0.6) is 0 Å². The molecule has 1 heteroatoms. The maximum atomic E-state index is 2.73. The highest BCUT2D eigenvalue weighted by Crippen LogP contribution is 2.47. The standard InChI is InChI=1S/C12H21N/c1-12(5-6-12)9-13-7-4-11(8-13)10-2-3-10/h10-11H,2-9H2,1H3. The molecular weight excluding hydrogens is 158 g/mol. The zero-order valence-electron chi connectivity index (χ0n) is 8.76. The molecule has 1 nitrogen and oxygen atoms in total. The van der Waals surface area contributed by atoms with Gasteiger partial charge in [-0.1, -0.05) is 6.92 Å². The van der Waals surface area contributed by atoms with E-state index in [4.69, 9.17) is 0 Å². The van der Waals surface area contributed by atoms with Gasteiger partial charge in [0.05, 0.1) is 0 Å². The van der Waals surface area contributed by atoms with E-state index in [1.165, 1.54) is 51.7 Å². The molecule has 1 atom stereocenters. The lowest BCUT2D eigenvalue weighted by Gasteiger charge is -2.20. The van der Waals surface area contributed by atoms with Crippen LogP contribution in [0.2, 0.25) is 0 Å². The van der Waals surface area contributed by atoms with Crippen molar-refractivity contribution in [2.75, 3.05) is 19.6 Å². The maximum absolute atomic E-state index is 2.73. The van der Waals surface area contributed by atoms with Crippen LogP contribution in [0.4, 0.5) is 0 Å². The van der Waals surface area contributed by atoms with Gasteiger partial charge in [-0.25, -0.2) is 0 Å². The van der Waals surface area contributed by atoms with E-state index in [9.17, 15) is 0 Å². The van der Waals surface area contributed by atoms with Crippen molar-refractivity contribution in [3.05, 3.63) is 0 Å². The van der Waals surface area contributed by atoms with Crippen molar-refractivity contribution in [2.24, 2.45) is 17.3 Å². The fourth-order valence-electron chi connectivity index (χ4n) is 2.87. The van der Waals surface area contributed by atoms with E-state index in [2.05, 4.69) is 11.8 Å². The van der Waals surface area contributed by atoms with Crippen molar-refractivity contribution in [3.8, 4) is 0 Å². The molecule has 0 spiro atoms. The second-order valence-corrected chi connectivity index (χ2v) is 5.93. The first-order chi connectivity index (χ1) is 6.25. The van der Waals surface area contributed by atoms with Gasteiger partial charge in [-0.2, -0.15) is 0 Å². The van der Waals surface area contributed by atoms with Gasteiger partial charge in [-0.3, -0.25) is 0 Å². The number of rotatable bonds is 3. The van der Waals surface area contributed by atoms with E-state index in [1.807, 2.05) is 0 Å². The van der Waals surface area contributed by atoms with Gasteiger partial charge >= 0.3 is 0 Å². The summed E-state index contributed by atoms with van der Waals surface area (Å²) in [5.74, 6) is 2.22. The topological polar surface area (TPSA) is 3.24 Å². The summed E-state index contributed by atoms with van der Waals surface area (Å²) in [5, 5.41) is 0. The Bertz CT molecular complexity index is 203. The summed E-state index contributed by atoms with van der Waals surface area (Å²) in [7, 11) is 0.